The van der Waals surface area contributed by atoms with Crippen LogP contribution in [0, 0.1) is 0 Å². The Morgan fingerprint density at radius 1 is 1.00 bits per heavy atom. The third kappa shape index (κ3) is 8.10. The molecule has 0 unspecified atom stereocenters. The van der Waals surface area contributed by atoms with Crippen molar-refractivity contribution >= 4 is 11.8 Å². The van der Waals surface area contributed by atoms with Crippen molar-refractivity contribution in [2.75, 3.05) is 45.8 Å². The Labute approximate surface area is 158 Å². The Bertz CT molecular complexity index is 640. The lowest BCUT2D eigenvalue weighted by molar-refractivity contribution is -0.138. The minimum Gasteiger partial charge on any atom is -0.480 e. The van der Waals surface area contributed by atoms with Crippen LogP contribution < -0.4 is 0 Å². The molecular weight excluding hydrogens is 352 g/mol. The van der Waals surface area contributed by atoms with Gasteiger partial charge in [-0.2, -0.15) is 0 Å². The first-order valence-corrected chi connectivity index (χ1v) is 9.01. The number of aliphatic hydroxyl groups excluding tert-OH is 1. The monoisotopic (exact) mass is 380 g/mol. The number of carbonyl (C=O) groups is 2. The fourth-order valence-electron chi connectivity index (χ4n) is 3.19. The van der Waals surface area contributed by atoms with Crippen molar-refractivity contribution in [3.05, 3.63) is 29.6 Å². The van der Waals surface area contributed by atoms with Gasteiger partial charge in [0.1, 0.15) is 5.78 Å². The quantitative estimate of drug-likeness (QED) is 0.533. The van der Waals surface area contributed by atoms with Gasteiger partial charge in [0, 0.05) is 45.8 Å². The van der Waals surface area contributed by atoms with Gasteiger partial charge in [0.15, 0.2) is 6.29 Å². The molecule has 2 bridgehead atoms. The number of fused-ring (bicyclic) bond motifs is 2. The van der Waals surface area contributed by atoms with E-state index < -0.39 is 12.3 Å². The summed E-state index contributed by atoms with van der Waals surface area (Å²) in [6.45, 7) is 4.77. The van der Waals surface area contributed by atoms with Gasteiger partial charge in [0.2, 0.25) is 0 Å². The van der Waals surface area contributed by atoms with Crippen molar-refractivity contribution in [1.82, 2.24) is 19.7 Å². The Kier molecular flexibility index (Phi) is 8.26. The number of nitrogens with zero attached hydrogens (tertiary/aromatic N) is 4. The molecule has 1 aromatic heterocycles. The van der Waals surface area contributed by atoms with E-state index >= 15 is 0 Å². The number of rotatable bonds is 6. The lowest BCUT2D eigenvalue weighted by atomic mass is 10.2. The summed E-state index contributed by atoms with van der Waals surface area (Å²) in [6.07, 6.45) is -1.45. The topological polar surface area (TPSA) is 117 Å². The fourth-order valence-corrected chi connectivity index (χ4v) is 3.19. The molecule has 9 nitrogen and oxygen atoms in total. The molecule has 0 amide bonds. The second-order valence-corrected chi connectivity index (χ2v) is 6.92. The lowest BCUT2D eigenvalue weighted by Crippen LogP contribution is -2.44. The molecule has 9 heteroatoms. The van der Waals surface area contributed by atoms with Crippen LogP contribution in [0.25, 0.3) is 0 Å². The van der Waals surface area contributed by atoms with Gasteiger partial charge in [-0.25, -0.2) is 0 Å². The van der Waals surface area contributed by atoms with E-state index in [9.17, 15) is 24.9 Å². The Balaban J connectivity index is 2.23. The molecule has 0 radical (unpaired) electrons. The summed E-state index contributed by atoms with van der Waals surface area (Å²) in [5.41, 5.74) is 1.54. The predicted octanol–water partition coefficient (Wildman–Crippen LogP) is -1.01. The number of Topliss-reactive ketones (excluding diaryl/α,β-unsaturated/α-hetero) is 1. The Morgan fingerprint density at radius 3 is 2.11 bits per heavy atom. The number of aliphatic hydroxyl groups is 2. The number of carboxylic acid groups (broad SMARTS) is 1. The highest BCUT2D eigenvalue weighted by atomic mass is 16.5. The molecule has 1 aliphatic heterocycles. The third-order valence-corrected chi connectivity index (χ3v) is 4.33. The van der Waals surface area contributed by atoms with Crippen LogP contribution in [0.15, 0.2) is 18.2 Å². The van der Waals surface area contributed by atoms with E-state index in [-0.39, 0.29) is 25.4 Å². The highest BCUT2D eigenvalue weighted by Crippen LogP contribution is 2.09. The second kappa shape index (κ2) is 10.4. The van der Waals surface area contributed by atoms with Crippen LogP contribution in [0.1, 0.15) is 18.3 Å². The molecule has 0 fully saturated rings. The number of carbonyl (C=O) groups excluding carboxylic acids is 1. The third-order valence-electron chi connectivity index (χ3n) is 4.33. The number of ketones is 1. The smallest absolute Gasteiger partial charge is 0.317 e. The second-order valence-electron chi connectivity index (χ2n) is 6.92. The first-order chi connectivity index (χ1) is 12.8. The summed E-state index contributed by atoms with van der Waals surface area (Å²) in [7, 11) is 0. The number of β-amino-alcohol motifs (C(OH)–C–C–N with tert-alkyl or cyclic N) is 2. The SMILES string of the molecule is CC(=O)CN1CCN(CC(=O)O)Cc2cccc(n2)CN(CC(O)O)CC1. The molecular formula is C18H28N4O5. The van der Waals surface area contributed by atoms with E-state index in [4.69, 9.17) is 0 Å². The highest BCUT2D eigenvalue weighted by molar-refractivity contribution is 5.77. The van der Waals surface area contributed by atoms with Crippen molar-refractivity contribution < 1.29 is 24.9 Å². The molecule has 1 aliphatic rings. The minimum atomic E-state index is -1.45. The molecule has 0 aromatic carbocycles. The van der Waals surface area contributed by atoms with Crippen molar-refractivity contribution in [3.63, 3.8) is 0 Å². The molecule has 3 N–H and O–H groups in total. The van der Waals surface area contributed by atoms with E-state index in [1.165, 1.54) is 6.92 Å². The van der Waals surface area contributed by atoms with E-state index in [0.717, 1.165) is 11.4 Å². The normalized spacial score (nSPS) is 18.1. The number of aliphatic carboxylic acids is 1. The van der Waals surface area contributed by atoms with Crippen LogP contribution in [-0.2, 0) is 22.7 Å². The van der Waals surface area contributed by atoms with Crippen LogP contribution in [0.3, 0.4) is 0 Å². The molecule has 27 heavy (non-hydrogen) atoms. The van der Waals surface area contributed by atoms with Crippen molar-refractivity contribution in [2.45, 2.75) is 26.3 Å². The van der Waals surface area contributed by atoms with Gasteiger partial charge in [0.25, 0.3) is 0 Å². The molecule has 1 aromatic rings. The number of aromatic nitrogens is 1. The maximum absolute atomic E-state index is 11.6. The van der Waals surface area contributed by atoms with Gasteiger partial charge in [-0.1, -0.05) is 6.07 Å². The van der Waals surface area contributed by atoms with Crippen LogP contribution >= 0.6 is 0 Å². The van der Waals surface area contributed by atoms with Crippen LogP contribution in [0.5, 0.6) is 0 Å². The summed E-state index contributed by atoms with van der Waals surface area (Å²) < 4.78 is 0. The molecule has 0 saturated carbocycles. The molecule has 0 spiro atoms. The number of carboxylic acids is 1. The largest absolute Gasteiger partial charge is 0.480 e. The first kappa shape index (κ1) is 21.4. The highest BCUT2D eigenvalue weighted by Gasteiger charge is 2.18. The summed E-state index contributed by atoms with van der Waals surface area (Å²) in [6, 6.07) is 5.58. The first-order valence-electron chi connectivity index (χ1n) is 9.01. The molecule has 0 saturated heterocycles. The van der Waals surface area contributed by atoms with Crippen molar-refractivity contribution in [2.24, 2.45) is 0 Å². The molecule has 0 aliphatic carbocycles. The van der Waals surface area contributed by atoms with E-state index in [1.54, 1.807) is 4.90 Å². The zero-order valence-corrected chi connectivity index (χ0v) is 15.6. The van der Waals surface area contributed by atoms with Gasteiger partial charge in [-0.3, -0.25) is 29.3 Å². The van der Waals surface area contributed by atoms with Gasteiger partial charge in [-0.15, -0.1) is 0 Å². The van der Waals surface area contributed by atoms with Crippen molar-refractivity contribution in [1.29, 1.82) is 0 Å². The predicted molar refractivity (Wildman–Crippen MR) is 97.8 cm³/mol. The minimum absolute atomic E-state index is 0.0347. The van der Waals surface area contributed by atoms with Crippen LogP contribution in [0.2, 0.25) is 0 Å². The molecule has 150 valence electrons. The molecule has 2 rings (SSSR count). The van der Waals surface area contributed by atoms with E-state index in [1.807, 2.05) is 28.0 Å². The maximum Gasteiger partial charge on any atom is 0.317 e. The van der Waals surface area contributed by atoms with E-state index in [0.29, 0.717) is 39.3 Å². The van der Waals surface area contributed by atoms with Gasteiger partial charge < -0.3 is 15.3 Å². The van der Waals surface area contributed by atoms with Crippen molar-refractivity contribution in [3.8, 4) is 0 Å². The van der Waals surface area contributed by atoms with Crippen LogP contribution in [0.4, 0.5) is 0 Å². The zero-order chi connectivity index (χ0) is 19.8. The molecule has 2 heterocycles. The maximum atomic E-state index is 11.6. The summed E-state index contributed by atoms with van der Waals surface area (Å²) >= 11 is 0. The van der Waals surface area contributed by atoms with Gasteiger partial charge in [0.05, 0.1) is 24.5 Å². The van der Waals surface area contributed by atoms with Gasteiger partial charge >= 0.3 is 5.97 Å². The Morgan fingerprint density at radius 2 is 1.56 bits per heavy atom. The average molecular weight is 380 g/mol. The summed E-state index contributed by atoms with van der Waals surface area (Å²) in [5, 5.41) is 27.9. The van der Waals surface area contributed by atoms with Crippen LogP contribution in [-0.4, -0.2) is 98.9 Å². The lowest BCUT2D eigenvalue weighted by Gasteiger charge is -2.30. The fraction of sp³-hybridized carbons (Fsp3) is 0.611. The summed E-state index contributed by atoms with van der Waals surface area (Å²) in [5.74, 6) is -0.869. The summed E-state index contributed by atoms with van der Waals surface area (Å²) in [4.78, 5) is 33.0. The Hall–Kier alpha value is -1.91. The zero-order valence-electron chi connectivity index (χ0n) is 15.6. The standard InChI is InChI=1S/C18H28N4O5/c1-14(23)9-20-5-7-21(12-17(24)25)10-15-3-2-4-16(19-15)11-22(8-6-20)13-18(26)27/h2-4,17,24-25H,5-13H2,1H3,(H,26,27). The molecule has 0 atom stereocenters. The van der Waals surface area contributed by atoms with E-state index in [2.05, 4.69) is 4.98 Å². The average Bonchev–Trinajstić information content (AvgIpc) is 2.55. The number of hydrogen-bond donors (Lipinski definition) is 3. The van der Waals surface area contributed by atoms with Gasteiger partial charge in [-0.05, 0) is 19.1 Å². The number of hydrogen-bond acceptors (Lipinski definition) is 8. The number of pyridine rings is 1.